The maximum Gasteiger partial charge on any atom is 0.157 e. The van der Waals surface area contributed by atoms with Gasteiger partial charge in [0.05, 0.1) is 6.20 Å². The highest BCUT2D eigenvalue weighted by Crippen LogP contribution is 2.46. The molecule has 0 radical (unpaired) electrons. The van der Waals surface area contributed by atoms with Gasteiger partial charge in [-0.25, -0.2) is 9.67 Å². The summed E-state index contributed by atoms with van der Waals surface area (Å²) in [4.78, 5) is 7.38. The van der Waals surface area contributed by atoms with Gasteiger partial charge < -0.3 is 10.0 Å². The molecular weight excluding hydrogens is 348 g/mol. The fourth-order valence-corrected chi connectivity index (χ4v) is 5.17. The van der Waals surface area contributed by atoms with Crippen LogP contribution in [0.3, 0.4) is 0 Å². The van der Waals surface area contributed by atoms with Crippen LogP contribution < -0.4 is 0 Å². The predicted octanol–water partition coefficient (Wildman–Crippen LogP) is 3.13. The number of fused-ring (bicyclic) bond motifs is 3. The molecule has 1 unspecified atom stereocenters. The van der Waals surface area contributed by atoms with Crippen molar-refractivity contribution in [3.8, 4) is 0 Å². The first-order chi connectivity index (χ1) is 13.6. The number of hydrogen-bond acceptors (Lipinski definition) is 4. The van der Waals surface area contributed by atoms with Gasteiger partial charge in [-0.15, -0.1) is 0 Å². The highest BCUT2D eigenvalue weighted by Gasteiger charge is 2.45. The molecule has 1 saturated heterocycles. The molecule has 0 spiro atoms. The Kier molecular flexibility index (Phi) is 4.25. The second-order valence-corrected chi connectivity index (χ2v) is 8.36. The molecule has 1 atom stereocenters. The Morgan fingerprint density at radius 2 is 1.93 bits per heavy atom. The molecule has 5 nitrogen and oxygen atoms in total. The van der Waals surface area contributed by atoms with Crippen LogP contribution in [0.4, 0.5) is 0 Å². The Balaban J connectivity index is 1.74. The smallest absolute Gasteiger partial charge is 0.157 e. The Morgan fingerprint density at radius 1 is 1.14 bits per heavy atom. The number of aromatic nitrogens is 3. The minimum atomic E-state index is -0.987. The highest BCUT2D eigenvalue weighted by molar-refractivity contribution is 5.76. The molecule has 1 aliphatic carbocycles. The zero-order chi connectivity index (χ0) is 19.3. The number of nitrogens with zero attached hydrogens (tertiary/aromatic N) is 4. The van der Waals surface area contributed by atoms with Gasteiger partial charge in [-0.1, -0.05) is 24.3 Å². The van der Waals surface area contributed by atoms with Crippen molar-refractivity contribution in [3.05, 3.63) is 58.9 Å². The SMILES string of the molecule is CCn1ncc2cc3c(nc21)CCc1ccccc1C3(O)C1CCN(C)CC1. The summed E-state index contributed by atoms with van der Waals surface area (Å²) < 4.78 is 1.95. The van der Waals surface area contributed by atoms with Crippen molar-refractivity contribution >= 4 is 11.0 Å². The average molecular weight is 377 g/mol. The van der Waals surface area contributed by atoms with Crippen LogP contribution in [0.15, 0.2) is 36.5 Å². The van der Waals surface area contributed by atoms with Crippen LogP contribution >= 0.6 is 0 Å². The van der Waals surface area contributed by atoms with Crippen LogP contribution in [-0.2, 0) is 25.0 Å². The number of piperidine rings is 1. The second kappa shape index (κ2) is 6.68. The van der Waals surface area contributed by atoms with Gasteiger partial charge in [0, 0.05) is 23.2 Å². The Hall–Kier alpha value is -2.24. The quantitative estimate of drug-likeness (QED) is 0.747. The Bertz CT molecular complexity index is 1020. The third-order valence-corrected chi connectivity index (χ3v) is 6.77. The normalized spacial score (nSPS) is 23.4. The summed E-state index contributed by atoms with van der Waals surface area (Å²) in [5, 5.41) is 17.9. The maximum atomic E-state index is 12.4. The van der Waals surface area contributed by atoms with E-state index >= 15 is 0 Å². The van der Waals surface area contributed by atoms with Gasteiger partial charge in [0.25, 0.3) is 0 Å². The van der Waals surface area contributed by atoms with Crippen molar-refractivity contribution in [2.75, 3.05) is 20.1 Å². The number of aryl methyl sites for hydroxylation is 3. The van der Waals surface area contributed by atoms with E-state index < -0.39 is 5.60 Å². The first kappa shape index (κ1) is 17.8. The Morgan fingerprint density at radius 3 is 2.71 bits per heavy atom. The predicted molar refractivity (Wildman–Crippen MR) is 110 cm³/mol. The number of aliphatic hydroxyl groups is 1. The lowest BCUT2D eigenvalue weighted by atomic mass is 9.71. The summed E-state index contributed by atoms with van der Waals surface area (Å²) in [6, 6.07) is 10.6. The summed E-state index contributed by atoms with van der Waals surface area (Å²) >= 11 is 0. The van der Waals surface area contributed by atoms with E-state index in [0.717, 1.165) is 73.2 Å². The van der Waals surface area contributed by atoms with E-state index in [-0.39, 0.29) is 5.92 Å². The van der Waals surface area contributed by atoms with Crippen LogP contribution in [0, 0.1) is 5.92 Å². The summed E-state index contributed by atoms with van der Waals surface area (Å²) in [6.45, 7) is 4.93. The molecule has 0 amide bonds. The van der Waals surface area contributed by atoms with Crippen LogP contribution in [-0.4, -0.2) is 44.9 Å². The lowest BCUT2D eigenvalue weighted by molar-refractivity contribution is -0.0115. The van der Waals surface area contributed by atoms with Gasteiger partial charge in [-0.3, -0.25) is 0 Å². The molecule has 1 N–H and O–H groups in total. The molecule has 2 aromatic heterocycles. The first-order valence-corrected chi connectivity index (χ1v) is 10.5. The first-order valence-electron chi connectivity index (χ1n) is 10.5. The van der Waals surface area contributed by atoms with Crippen molar-refractivity contribution in [1.82, 2.24) is 19.7 Å². The van der Waals surface area contributed by atoms with Crippen LogP contribution in [0.1, 0.15) is 42.1 Å². The van der Waals surface area contributed by atoms with Gasteiger partial charge in [0.2, 0.25) is 0 Å². The van der Waals surface area contributed by atoms with Crippen LogP contribution in [0.5, 0.6) is 0 Å². The summed E-state index contributed by atoms with van der Waals surface area (Å²) in [5.74, 6) is 0.196. The molecule has 0 bridgehead atoms. The molecule has 3 aromatic rings. The van der Waals surface area contributed by atoms with Gasteiger partial charge >= 0.3 is 0 Å². The standard InChI is InChI=1S/C23H28N4O/c1-3-27-22-17(15-24-27)14-20-21(25-22)9-8-16-6-4-5-7-19(16)23(20,28)18-10-12-26(2)13-11-18/h4-7,14-15,18,28H,3,8-13H2,1-2H3. The summed E-state index contributed by atoms with van der Waals surface area (Å²) in [5.41, 5.74) is 4.29. The second-order valence-electron chi connectivity index (χ2n) is 8.36. The van der Waals surface area contributed by atoms with E-state index in [2.05, 4.69) is 54.3 Å². The van der Waals surface area contributed by atoms with E-state index in [4.69, 9.17) is 4.98 Å². The lowest BCUT2D eigenvalue weighted by Crippen LogP contribution is -2.43. The van der Waals surface area contributed by atoms with E-state index in [0.29, 0.717) is 0 Å². The van der Waals surface area contributed by atoms with Crippen molar-refractivity contribution in [2.45, 2.75) is 44.8 Å². The van der Waals surface area contributed by atoms with E-state index in [1.165, 1.54) is 5.56 Å². The zero-order valence-electron chi connectivity index (χ0n) is 16.7. The number of likely N-dealkylation sites (tertiary alicyclic amines) is 1. The minimum absolute atomic E-state index is 0.196. The molecule has 1 aliphatic heterocycles. The molecule has 146 valence electrons. The molecule has 28 heavy (non-hydrogen) atoms. The molecule has 5 rings (SSSR count). The molecule has 3 heterocycles. The lowest BCUT2D eigenvalue weighted by Gasteiger charge is -2.42. The molecule has 5 heteroatoms. The molecule has 1 aromatic carbocycles. The van der Waals surface area contributed by atoms with Crippen molar-refractivity contribution in [3.63, 3.8) is 0 Å². The highest BCUT2D eigenvalue weighted by atomic mass is 16.3. The largest absolute Gasteiger partial charge is 0.380 e. The minimum Gasteiger partial charge on any atom is -0.380 e. The monoisotopic (exact) mass is 376 g/mol. The molecular formula is C23H28N4O. The number of hydrogen-bond donors (Lipinski definition) is 1. The van der Waals surface area contributed by atoms with Gasteiger partial charge in [0.1, 0.15) is 5.60 Å². The third kappa shape index (κ3) is 2.60. The van der Waals surface area contributed by atoms with Crippen LogP contribution in [0.25, 0.3) is 11.0 Å². The van der Waals surface area contributed by atoms with E-state index in [9.17, 15) is 5.11 Å². The third-order valence-electron chi connectivity index (χ3n) is 6.77. The summed E-state index contributed by atoms with van der Waals surface area (Å²) in [6.07, 6.45) is 5.64. The number of pyridine rings is 1. The van der Waals surface area contributed by atoms with Gasteiger partial charge in [-0.2, -0.15) is 5.10 Å². The maximum absolute atomic E-state index is 12.4. The molecule has 0 saturated carbocycles. The summed E-state index contributed by atoms with van der Waals surface area (Å²) in [7, 11) is 2.17. The van der Waals surface area contributed by atoms with Gasteiger partial charge in [-0.05, 0) is 75.9 Å². The Labute approximate surface area is 166 Å². The van der Waals surface area contributed by atoms with Crippen molar-refractivity contribution in [1.29, 1.82) is 0 Å². The van der Waals surface area contributed by atoms with E-state index in [1.54, 1.807) is 0 Å². The number of rotatable bonds is 2. The average Bonchev–Trinajstić information content (AvgIpc) is 3.08. The fourth-order valence-electron chi connectivity index (χ4n) is 5.17. The van der Waals surface area contributed by atoms with Crippen LogP contribution in [0.2, 0.25) is 0 Å². The van der Waals surface area contributed by atoms with Crippen molar-refractivity contribution in [2.24, 2.45) is 5.92 Å². The van der Waals surface area contributed by atoms with Crippen molar-refractivity contribution < 1.29 is 5.11 Å². The fraction of sp³-hybridized carbons (Fsp3) is 0.478. The topological polar surface area (TPSA) is 54.2 Å². The van der Waals surface area contributed by atoms with E-state index in [1.807, 2.05) is 10.9 Å². The molecule has 2 aliphatic rings. The molecule has 1 fully saturated rings. The van der Waals surface area contributed by atoms with Gasteiger partial charge in [0.15, 0.2) is 5.65 Å². The number of benzene rings is 1. The zero-order valence-corrected chi connectivity index (χ0v) is 16.7.